The number of likely N-dealkylation sites (tertiary alicyclic amines) is 1. The maximum absolute atomic E-state index is 14.1. The third-order valence-electron chi connectivity index (χ3n) is 7.87. The first-order valence-electron chi connectivity index (χ1n) is 12.4. The average Bonchev–Trinajstić information content (AvgIpc) is 3.43. The number of benzene rings is 2. The Kier molecular flexibility index (Phi) is 6.85. The number of aliphatic hydroxyl groups is 1. The van der Waals surface area contributed by atoms with E-state index < -0.39 is 28.7 Å². The SMILES string of the molecule is CCOC(=O)[C@H]1[C@@H]2SC3(CC2Br)C(C(=O)Nc2ccc4ccccc4c2)N([C@@H](CO)C(C)C)C(=O)[C@H]13. The maximum atomic E-state index is 14.1. The monoisotopic (exact) mass is 574 g/mol. The quantitative estimate of drug-likeness (QED) is 0.385. The lowest BCUT2D eigenvalue weighted by molar-refractivity contribution is -0.154. The molecule has 9 heteroatoms. The summed E-state index contributed by atoms with van der Waals surface area (Å²) in [7, 11) is 0. The molecular weight excluding hydrogens is 544 g/mol. The number of hydrogen-bond acceptors (Lipinski definition) is 6. The Bertz CT molecular complexity index is 1210. The van der Waals surface area contributed by atoms with Gasteiger partial charge in [-0.3, -0.25) is 14.4 Å². The van der Waals surface area contributed by atoms with Crippen molar-refractivity contribution in [2.45, 2.75) is 54.1 Å². The molecule has 2 bridgehead atoms. The van der Waals surface area contributed by atoms with E-state index in [0.29, 0.717) is 12.1 Å². The lowest BCUT2D eigenvalue weighted by atomic mass is 9.71. The summed E-state index contributed by atoms with van der Waals surface area (Å²) in [5, 5.41) is 15.3. The second-order valence-electron chi connectivity index (χ2n) is 10.2. The smallest absolute Gasteiger partial charge is 0.310 e. The fourth-order valence-corrected chi connectivity index (χ4v) is 9.92. The molecule has 3 saturated heterocycles. The summed E-state index contributed by atoms with van der Waals surface area (Å²) in [6.45, 7) is 5.58. The fraction of sp³-hybridized carbons (Fsp3) is 0.519. The van der Waals surface area contributed by atoms with E-state index in [9.17, 15) is 19.5 Å². The van der Waals surface area contributed by atoms with Crippen molar-refractivity contribution < 1.29 is 24.2 Å². The van der Waals surface area contributed by atoms with Crippen molar-refractivity contribution in [1.82, 2.24) is 4.90 Å². The van der Waals surface area contributed by atoms with Crippen LogP contribution in [0.2, 0.25) is 0 Å². The molecule has 2 N–H and O–H groups in total. The lowest BCUT2D eigenvalue weighted by Crippen LogP contribution is -2.56. The molecule has 5 rings (SSSR count). The lowest BCUT2D eigenvalue weighted by Gasteiger charge is -2.38. The fourth-order valence-electron chi connectivity index (χ4n) is 6.33. The van der Waals surface area contributed by atoms with E-state index in [-0.39, 0.29) is 47.0 Å². The van der Waals surface area contributed by atoms with Crippen molar-refractivity contribution in [3.8, 4) is 0 Å². The Hall–Kier alpha value is -2.10. The summed E-state index contributed by atoms with van der Waals surface area (Å²) in [6, 6.07) is 12.3. The molecule has 7 atom stereocenters. The molecule has 2 aromatic rings. The van der Waals surface area contributed by atoms with Gasteiger partial charge in [-0.05, 0) is 42.2 Å². The number of hydrogen-bond donors (Lipinski definition) is 2. The average molecular weight is 576 g/mol. The van der Waals surface area contributed by atoms with E-state index >= 15 is 0 Å². The molecule has 1 spiro atoms. The zero-order valence-corrected chi connectivity index (χ0v) is 22.9. The molecule has 0 saturated carbocycles. The highest BCUT2D eigenvalue weighted by Gasteiger charge is 2.76. The third kappa shape index (κ3) is 3.85. The molecule has 0 radical (unpaired) electrons. The first-order valence-corrected chi connectivity index (χ1v) is 14.2. The first-order chi connectivity index (χ1) is 17.2. The van der Waals surface area contributed by atoms with Crippen LogP contribution in [-0.4, -0.2) is 67.9 Å². The molecule has 2 aromatic carbocycles. The second kappa shape index (κ2) is 9.65. The van der Waals surface area contributed by atoms with Gasteiger partial charge in [0.2, 0.25) is 11.8 Å². The van der Waals surface area contributed by atoms with Crippen molar-refractivity contribution in [2.24, 2.45) is 17.8 Å². The zero-order valence-electron chi connectivity index (χ0n) is 20.5. The van der Waals surface area contributed by atoms with E-state index in [2.05, 4.69) is 21.2 Å². The highest BCUT2D eigenvalue weighted by atomic mass is 79.9. The minimum Gasteiger partial charge on any atom is -0.466 e. The number of carbonyl (C=O) groups is 3. The summed E-state index contributed by atoms with van der Waals surface area (Å²) >= 11 is 5.30. The Morgan fingerprint density at radius 2 is 1.97 bits per heavy atom. The molecule has 36 heavy (non-hydrogen) atoms. The minimum absolute atomic E-state index is 0.0245. The summed E-state index contributed by atoms with van der Waals surface area (Å²) in [5.41, 5.74) is 0.644. The van der Waals surface area contributed by atoms with E-state index in [1.54, 1.807) is 23.6 Å². The van der Waals surface area contributed by atoms with Crippen LogP contribution < -0.4 is 5.32 Å². The highest BCUT2D eigenvalue weighted by molar-refractivity contribution is 9.09. The Morgan fingerprint density at radius 3 is 2.64 bits per heavy atom. The minimum atomic E-state index is -0.824. The van der Waals surface area contributed by atoms with Gasteiger partial charge >= 0.3 is 5.97 Å². The van der Waals surface area contributed by atoms with Gasteiger partial charge in [0.1, 0.15) is 6.04 Å². The van der Waals surface area contributed by atoms with Gasteiger partial charge in [-0.2, -0.15) is 0 Å². The van der Waals surface area contributed by atoms with Gasteiger partial charge in [-0.15, -0.1) is 11.8 Å². The van der Waals surface area contributed by atoms with Crippen LogP contribution in [0.15, 0.2) is 42.5 Å². The first kappa shape index (κ1) is 25.5. The predicted octanol–water partition coefficient (Wildman–Crippen LogP) is 3.82. The number of nitrogens with zero attached hydrogens (tertiary/aromatic N) is 1. The van der Waals surface area contributed by atoms with Gasteiger partial charge < -0.3 is 20.1 Å². The Balaban J connectivity index is 1.56. The van der Waals surface area contributed by atoms with Crippen molar-refractivity contribution in [3.63, 3.8) is 0 Å². The molecule has 3 heterocycles. The summed E-state index contributed by atoms with van der Waals surface area (Å²) in [6.07, 6.45) is 0.581. The number of halogens is 1. The number of aliphatic hydroxyl groups excluding tert-OH is 1. The van der Waals surface area contributed by atoms with E-state index in [1.165, 1.54) is 0 Å². The molecule has 7 nitrogen and oxygen atoms in total. The molecule has 192 valence electrons. The Labute approximate surface area is 223 Å². The highest BCUT2D eigenvalue weighted by Crippen LogP contribution is 2.68. The molecule has 0 aliphatic carbocycles. The van der Waals surface area contributed by atoms with Gasteiger partial charge in [0.25, 0.3) is 0 Å². The summed E-state index contributed by atoms with van der Waals surface area (Å²) in [5.74, 6) is -2.30. The molecule has 3 unspecified atom stereocenters. The Morgan fingerprint density at radius 1 is 1.25 bits per heavy atom. The van der Waals surface area contributed by atoms with Gasteiger partial charge in [0.15, 0.2) is 0 Å². The van der Waals surface area contributed by atoms with Crippen LogP contribution in [0.3, 0.4) is 0 Å². The number of esters is 1. The van der Waals surface area contributed by atoms with Crippen LogP contribution >= 0.6 is 27.7 Å². The maximum Gasteiger partial charge on any atom is 0.310 e. The predicted molar refractivity (Wildman–Crippen MR) is 144 cm³/mol. The molecule has 3 aliphatic rings. The number of carbonyl (C=O) groups excluding carboxylic acids is 3. The zero-order chi connectivity index (χ0) is 25.8. The molecule has 3 aliphatic heterocycles. The van der Waals surface area contributed by atoms with Crippen LogP contribution in [0.25, 0.3) is 10.8 Å². The van der Waals surface area contributed by atoms with Crippen molar-refractivity contribution in [2.75, 3.05) is 18.5 Å². The topological polar surface area (TPSA) is 95.9 Å². The number of amides is 2. The molecular formula is C27H31BrN2O5S. The van der Waals surface area contributed by atoms with Gasteiger partial charge in [0.05, 0.1) is 35.8 Å². The van der Waals surface area contributed by atoms with Crippen molar-refractivity contribution in [3.05, 3.63) is 42.5 Å². The second-order valence-corrected chi connectivity index (χ2v) is 12.9. The molecule has 3 fully saturated rings. The molecule has 0 aromatic heterocycles. The van der Waals surface area contributed by atoms with E-state index in [4.69, 9.17) is 4.74 Å². The van der Waals surface area contributed by atoms with Crippen molar-refractivity contribution in [1.29, 1.82) is 0 Å². The van der Waals surface area contributed by atoms with Gasteiger partial charge in [0, 0.05) is 15.8 Å². The number of alkyl halides is 1. The van der Waals surface area contributed by atoms with Gasteiger partial charge in [-0.1, -0.05) is 60.1 Å². The number of fused-ring (bicyclic) bond motifs is 2. The number of rotatable bonds is 7. The van der Waals surface area contributed by atoms with E-state index in [1.807, 2.05) is 56.3 Å². The third-order valence-corrected chi connectivity index (χ3v) is 11.1. The van der Waals surface area contributed by atoms with E-state index in [0.717, 1.165) is 10.8 Å². The van der Waals surface area contributed by atoms with Crippen LogP contribution in [0.1, 0.15) is 27.2 Å². The van der Waals surface area contributed by atoms with Gasteiger partial charge in [-0.25, -0.2) is 0 Å². The number of anilines is 1. The summed E-state index contributed by atoms with van der Waals surface area (Å²) < 4.78 is 4.61. The standard InChI is InChI=1S/C27H31BrN2O5S/c1-4-35-26(34)20-21-25(33)30(19(13-31)14(2)3)23(27(21)12-18(28)22(20)36-27)24(32)29-17-10-9-15-7-5-6-8-16(15)11-17/h5-11,14,18-23,31H,4,12-13H2,1-3H3,(H,29,32)/t18?,19-,20+,21-,22+,23?,27?/m0/s1. The van der Waals surface area contributed by atoms with Crippen LogP contribution in [0.5, 0.6) is 0 Å². The molecule has 2 amide bonds. The van der Waals surface area contributed by atoms with Crippen LogP contribution in [-0.2, 0) is 19.1 Å². The van der Waals surface area contributed by atoms with Crippen LogP contribution in [0, 0.1) is 17.8 Å². The van der Waals surface area contributed by atoms with Crippen molar-refractivity contribution >= 4 is 61.9 Å². The number of ether oxygens (including phenoxy) is 1. The number of thioether (sulfide) groups is 1. The van der Waals surface area contributed by atoms with Crippen LogP contribution in [0.4, 0.5) is 5.69 Å². The number of nitrogens with one attached hydrogen (secondary N) is 1. The largest absolute Gasteiger partial charge is 0.466 e. The summed E-state index contributed by atoms with van der Waals surface area (Å²) in [4.78, 5) is 42.7. The normalized spacial score (nSPS) is 31.7.